The minimum atomic E-state index is -0.624. The SMILES string of the molecule is Bc1ccc2c(c1)c(F)c(C(=O)OCC)n2C. The Balaban J connectivity index is 2.68. The lowest BCUT2D eigenvalue weighted by Gasteiger charge is -2.03. The van der Waals surface area contributed by atoms with Crippen molar-refractivity contribution in [2.24, 2.45) is 7.05 Å². The number of ether oxygens (including phenoxy) is 1. The number of esters is 1. The number of aryl methyl sites for hydroxylation is 1. The molecule has 0 aliphatic carbocycles. The first-order valence-corrected chi connectivity index (χ1v) is 5.48. The fourth-order valence-corrected chi connectivity index (χ4v) is 1.94. The first-order valence-electron chi connectivity index (χ1n) is 5.48. The van der Waals surface area contributed by atoms with Gasteiger partial charge in [0.1, 0.15) is 7.85 Å². The molecule has 0 aliphatic rings. The van der Waals surface area contributed by atoms with Crippen LogP contribution in [0.15, 0.2) is 18.2 Å². The predicted octanol–water partition coefficient (Wildman–Crippen LogP) is 0.752. The topological polar surface area (TPSA) is 31.2 Å². The zero-order chi connectivity index (χ0) is 12.6. The van der Waals surface area contributed by atoms with Gasteiger partial charge in [-0.15, -0.1) is 0 Å². The molecule has 0 spiro atoms. The van der Waals surface area contributed by atoms with Crippen LogP contribution in [0.1, 0.15) is 17.4 Å². The van der Waals surface area contributed by atoms with Crippen molar-refractivity contribution < 1.29 is 13.9 Å². The van der Waals surface area contributed by atoms with E-state index in [2.05, 4.69) is 0 Å². The monoisotopic (exact) mass is 233 g/mol. The van der Waals surface area contributed by atoms with E-state index in [4.69, 9.17) is 4.74 Å². The Kier molecular flexibility index (Phi) is 2.92. The molecule has 88 valence electrons. The number of halogens is 1. The highest BCUT2D eigenvalue weighted by molar-refractivity contribution is 6.33. The Bertz CT molecular complexity index is 592. The molecule has 1 aromatic heterocycles. The van der Waals surface area contributed by atoms with E-state index in [1.807, 2.05) is 13.9 Å². The number of carbonyl (C=O) groups is 1. The third kappa shape index (κ3) is 1.81. The van der Waals surface area contributed by atoms with Gasteiger partial charge in [-0.25, -0.2) is 9.18 Å². The molecule has 0 amide bonds. The average molecular weight is 233 g/mol. The fourth-order valence-electron chi connectivity index (χ4n) is 1.94. The molecular formula is C12H13BFNO2. The van der Waals surface area contributed by atoms with Crippen molar-refractivity contribution in [2.75, 3.05) is 6.61 Å². The average Bonchev–Trinajstić information content (AvgIpc) is 2.52. The van der Waals surface area contributed by atoms with Crippen molar-refractivity contribution in [3.8, 4) is 0 Å². The summed E-state index contributed by atoms with van der Waals surface area (Å²) >= 11 is 0. The molecule has 17 heavy (non-hydrogen) atoms. The summed E-state index contributed by atoms with van der Waals surface area (Å²) in [7, 11) is 3.54. The van der Waals surface area contributed by atoms with E-state index < -0.39 is 11.8 Å². The molecule has 0 N–H and O–H groups in total. The first-order chi connectivity index (χ1) is 8.06. The normalized spacial score (nSPS) is 10.8. The Hall–Kier alpha value is -1.78. The highest BCUT2D eigenvalue weighted by Crippen LogP contribution is 2.23. The van der Waals surface area contributed by atoms with E-state index in [1.165, 1.54) is 4.57 Å². The lowest BCUT2D eigenvalue weighted by atomic mass is 9.95. The summed E-state index contributed by atoms with van der Waals surface area (Å²) in [6.45, 7) is 1.93. The number of carbonyl (C=O) groups excluding carboxylic acids is 1. The van der Waals surface area contributed by atoms with Gasteiger partial charge < -0.3 is 9.30 Å². The number of hydrogen-bond donors (Lipinski definition) is 0. The van der Waals surface area contributed by atoms with E-state index in [1.54, 1.807) is 26.1 Å². The summed E-state index contributed by atoms with van der Waals surface area (Å²) in [6.07, 6.45) is 0. The second kappa shape index (κ2) is 4.24. The Labute approximate surface area is 99.6 Å². The molecule has 2 aromatic rings. The van der Waals surface area contributed by atoms with Crippen LogP contribution in [0.2, 0.25) is 0 Å². The Morgan fingerprint density at radius 3 is 2.88 bits per heavy atom. The van der Waals surface area contributed by atoms with Crippen LogP contribution in [-0.4, -0.2) is 25.0 Å². The Morgan fingerprint density at radius 1 is 1.53 bits per heavy atom. The van der Waals surface area contributed by atoms with Gasteiger partial charge in [-0.2, -0.15) is 0 Å². The second-order valence-electron chi connectivity index (χ2n) is 3.96. The third-order valence-electron chi connectivity index (χ3n) is 2.76. The highest BCUT2D eigenvalue weighted by atomic mass is 19.1. The van der Waals surface area contributed by atoms with Gasteiger partial charge >= 0.3 is 5.97 Å². The summed E-state index contributed by atoms with van der Waals surface area (Å²) in [5.41, 5.74) is 1.63. The maximum absolute atomic E-state index is 14.1. The molecule has 0 bridgehead atoms. The van der Waals surface area contributed by atoms with Gasteiger partial charge in [-0.3, -0.25) is 0 Å². The van der Waals surface area contributed by atoms with Gasteiger partial charge in [0.15, 0.2) is 11.5 Å². The highest BCUT2D eigenvalue weighted by Gasteiger charge is 2.22. The van der Waals surface area contributed by atoms with Crippen LogP contribution in [-0.2, 0) is 11.8 Å². The van der Waals surface area contributed by atoms with Crippen LogP contribution < -0.4 is 5.46 Å². The van der Waals surface area contributed by atoms with Crippen LogP contribution in [0.3, 0.4) is 0 Å². The molecule has 0 saturated carbocycles. The smallest absolute Gasteiger partial charge is 0.358 e. The number of hydrogen-bond acceptors (Lipinski definition) is 2. The van der Waals surface area contributed by atoms with E-state index in [9.17, 15) is 9.18 Å². The summed E-state index contributed by atoms with van der Waals surface area (Å²) in [4.78, 5) is 11.7. The lowest BCUT2D eigenvalue weighted by molar-refractivity contribution is 0.0510. The molecule has 0 fully saturated rings. The molecule has 0 saturated heterocycles. The van der Waals surface area contributed by atoms with Gasteiger partial charge in [0.05, 0.1) is 12.1 Å². The summed E-state index contributed by atoms with van der Waals surface area (Å²) < 4.78 is 20.5. The molecule has 0 unspecified atom stereocenters. The summed E-state index contributed by atoms with van der Waals surface area (Å²) in [5, 5.41) is 0.454. The number of rotatable bonds is 2. The van der Waals surface area contributed by atoms with Gasteiger partial charge in [-0.05, 0) is 13.0 Å². The van der Waals surface area contributed by atoms with Gasteiger partial charge in [0.25, 0.3) is 0 Å². The zero-order valence-corrected chi connectivity index (χ0v) is 10.1. The van der Waals surface area contributed by atoms with Crippen molar-refractivity contribution in [2.45, 2.75) is 6.92 Å². The van der Waals surface area contributed by atoms with Gasteiger partial charge in [-0.1, -0.05) is 17.6 Å². The van der Waals surface area contributed by atoms with Crippen molar-refractivity contribution in [3.63, 3.8) is 0 Å². The van der Waals surface area contributed by atoms with Crippen molar-refractivity contribution in [1.29, 1.82) is 0 Å². The van der Waals surface area contributed by atoms with Crippen molar-refractivity contribution in [1.82, 2.24) is 4.57 Å². The van der Waals surface area contributed by atoms with Crippen LogP contribution in [0.25, 0.3) is 10.9 Å². The minimum Gasteiger partial charge on any atom is -0.461 e. The number of aromatic nitrogens is 1. The minimum absolute atomic E-state index is 0.0209. The van der Waals surface area contributed by atoms with Crippen LogP contribution >= 0.6 is 0 Å². The zero-order valence-electron chi connectivity index (χ0n) is 10.1. The third-order valence-corrected chi connectivity index (χ3v) is 2.76. The van der Waals surface area contributed by atoms with Crippen molar-refractivity contribution >= 4 is 30.2 Å². The van der Waals surface area contributed by atoms with E-state index in [0.717, 1.165) is 5.46 Å². The Morgan fingerprint density at radius 2 is 2.24 bits per heavy atom. The molecule has 2 rings (SSSR count). The van der Waals surface area contributed by atoms with Crippen LogP contribution in [0.5, 0.6) is 0 Å². The molecule has 3 nitrogen and oxygen atoms in total. The predicted molar refractivity (Wildman–Crippen MR) is 67.0 cm³/mol. The van der Waals surface area contributed by atoms with Crippen LogP contribution in [0, 0.1) is 5.82 Å². The van der Waals surface area contributed by atoms with Gasteiger partial charge in [0.2, 0.25) is 0 Å². The maximum atomic E-state index is 14.1. The molecule has 5 heteroatoms. The molecule has 1 heterocycles. The molecular weight excluding hydrogens is 220 g/mol. The quantitative estimate of drug-likeness (QED) is 0.566. The summed E-state index contributed by atoms with van der Waals surface area (Å²) in [6, 6.07) is 5.42. The van der Waals surface area contributed by atoms with Crippen molar-refractivity contribution in [3.05, 3.63) is 29.7 Å². The summed E-state index contributed by atoms with van der Waals surface area (Å²) in [5.74, 6) is -1.13. The van der Waals surface area contributed by atoms with Gasteiger partial charge in [0, 0.05) is 12.4 Å². The largest absolute Gasteiger partial charge is 0.461 e. The van der Waals surface area contributed by atoms with Crippen LogP contribution in [0.4, 0.5) is 4.39 Å². The van der Waals surface area contributed by atoms with E-state index in [0.29, 0.717) is 10.9 Å². The lowest BCUT2D eigenvalue weighted by Crippen LogP contribution is -2.11. The fraction of sp³-hybridized carbons (Fsp3) is 0.250. The number of benzene rings is 1. The standard InChI is InChI=1S/C12H13BFNO2/c1-3-17-12(16)11-10(14)8-6-7(13)4-5-9(8)15(11)2/h4-6H,3,13H2,1-2H3. The second-order valence-corrected chi connectivity index (χ2v) is 3.96. The molecule has 1 aromatic carbocycles. The number of fused-ring (bicyclic) bond motifs is 1. The number of nitrogens with zero attached hydrogens (tertiary/aromatic N) is 1. The van der Waals surface area contributed by atoms with E-state index in [-0.39, 0.29) is 12.3 Å². The molecule has 0 radical (unpaired) electrons. The molecule has 0 atom stereocenters. The first kappa shape index (κ1) is 11.7. The van der Waals surface area contributed by atoms with E-state index >= 15 is 0 Å². The molecule has 0 aliphatic heterocycles. The maximum Gasteiger partial charge on any atom is 0.358 e.